The van der Waals surface area contributed by atoms with Crippen LogP contribution >= 0.6 is 0 Å². The lowest BCUT2D eigenvalue weighted by Gasteiger charge is -2.37. The highest BCUT2D eigenvalue weighted by atomic mass is 16.2. The zero-order valence-electron chi connectivity index (χ0n) is 12.4. The molecular formula is C17H23N3O. The first-order chi connectivity index (χ1) is 10.3. The fourth-order valence-corrected chi connectivity index (χ4v) is 3.30. The normalized spacial score (nSPS) is 23.8. The maximum absolute atomic E-state index is 12.3. The summed E-state index contributed by atoms with van der Waals surface area (Å²) >= 11 is 0. The van der Waals surface area contributed by atoms with Gasteiger partial charge in [0, 0.05) is 31.4 Å². The standard InChI is InChI=1S/C17H23N3O/c21-17(9-8-15-6-1-2-10-18-15)20-13-5-7-16(14-20)19-11-3-4-12-19/h1-2,6,8-10,16H,3-5,7,11-14H2/b9-8+/t16-/m0/s1. The molecule has 0 spiro atoms. The van der Waals surface area contributed by atoms with E-state index in [4.69, 9.17) is 0 Å². The molecule has 4 heteroatoms. The van der Waals surface area contributed by atoms with E-state index in [1.54, 1.807) is 12.3 Å². The van der Waals surface area contributed by atoms with Crippen molar-refractivity contribution in [3.63, 3.8) is 0 Å². The minimum Gasteiger partial charge on any atom is -0.338 e. The number of hydrogen-bond donors (Lipinski definition) is 0. The summed E-state index contributed by atoms with van der Waals surface area (Å²) in [5.41, 5.74) is 0.832. The first-order valence-electron chi connectivity index (χ1n) is 7.95. The predicted octanol–water partition coefficient (Wildman–Crippen LogP) is 2.18. The Hall–Kier alpha value is -1.68. The molecule has 0 aliphatic carbocycles. The van der Waals surface area contributed by atoms with Crippen LogP contribution in [0.15, 0.2) is 30.5 Å². The number of likely N-dealkylation sites (tertiary alicyclic amines) is 2. The third kappa shape index (κ3) is 3.70. The van der Waals surface area contributed by atoms with Crippen LogP contribution in [0, 0.1) is 0 Å². The molecule has 3 heterocycles. The second kappa shape index (κ2) is 6.85. The Kier molecular flexibility index (Phi) is 4.65. The number of carbonyl (C=O) groups excluding carboxylic acids is 1. The molecule has 4 nitrogen and oxygen atoms in total. The Morgan fingerprint density at radius 3 is 2.81 bits per heavy atom. The number of rotatable bonds is 3. The number of hydrogen-bond acceptors (Lipinski definition) is 3. The van der Waals surface area contributed by atoms with Crippen molar-refractivity contribution in [3.05, 3.63) is 36.2 Å². The number of amides is 1. The van der Waals surface area contributed by atoms with Gasteiger partial charge in [-0.2, -0.15) is 0 Å². The Balaban J connectivity index is 1.58. The quantitative estimate of drug-likeness (QED) is 0.799. The van der Waals surface area contributed by atoms with E-state index >= 15 is 0 Å². The van der Waals surface area contributed by atoms with Crippen LogP contribution in [0.25, 0.3) is 6.08 Å². The average molecular weight is 285 g/mol. The topological polar surface area (TPSA) is 36.4 Å². The molecule has 1 amide bonds. The molecule has 0 N–H and O–H groups in total. The van der Waals surface area contributed by atoms with Crippen molar-refractivity contribution in [2.75, 3.05) is 26.2 Å². The van der Waals surface area contributed by atoms with E-state index in [2.05, 4.69) is 9.88 Å². The molecule has 1 atom stereocenters. The minimum absolute atomic E-state index is 0.115. The summed E-state index contributed by atoms with van der Waals surface area (Å²) in [6.07, 6.45) is 10.2. The molecule has 21 heavy (non-hydrogen) atoms. The van der Waals surface area contributed by atoms with E-state index in [1.807, 2.05) is 29.2 Å². The summed E-state index contributed by atoms with van der Waals surface area (Å²) in [4.78, 5) is 21.1. The summed E-state index contributed by atoms with van der Waals surface area (Å²) in [5, 5.41) is 0. The van der Waals surface area contributed by atoms with Gasteiger partial charge in [0.2, 0.25) is 5.91 Å². The molecule has 2 fully saturated rings. The van der Waals surface area contributed by atoms with Gasteiger partial charge in [-0.25, -0.2) is 0 Å². The molecule has 1 aromatic rings. The van der Waals surface area contributed by atoms with Crippen LogP contribution in [0.1, 0.15) is 31.4 Å². The fourth-order valence-electron chi connectivity index (χ4n) is 3.30. The molecule has 0 bridgehead atoms. The lowest BCUT2D eigenvalue weighted by molar-refractivity contribution is -0.127. The Morgan fingerprint density at radius 2 is 2.05 bits per heavy atom. The van der Waals surface area contributed by atoms with Crippen LogP contribution in [0.3, 0.4) is 0 Å². The number of piperidine rings is 1. The molecule has 2 saturated heterocycles. The van der Waals surface area contributed by atoms with E-state index in [0.29, 0.717) is 6.04 Å². The monoisotopic (exact) mass is 285 g/mol. The van der Waals surface area contributed by atoms with Crippen LogP contribution in [0.4, 0.5) is 0 Å². The van der Waals surface area contributed by atoms with Gasteiger partial charge < -0.3 is 4.90 Å². The van der Waals surface area contributed by atoms with E-state index in [9.17, 15) is 4.79 Å². The first-order valence-corrected chi connectivity index (χ1v) is 7.95. The maximum Gasteiger partial charge on any atom is 0.246 e. The van der Waals surface area contributed by atoms with Gasteiger partial charge in [-0.3, -0.25) is 14.7 Å². The summed E-state index contributed by atoms with van der Waals surface area (Å²) in [6, 6.07) is 6.28. The van der Waals surface area contributed by atoms with E-state index in [0.717, 1.165) is 25.2 Å². The van der Waals surface area contributed by atoms with Gasteiger partial charge in [0.25, 0.3) is 0 Å². The Morgan fingerprint density at radius 1 is 1.19 bits per heavy atom. The number of pyridine rings is 1. The fraction of sp³-hybridized carbons (Fsp3) is 0.529. The van der Waals surface area contributed by atoms with Crippen LogP contribution in [0.2, 0.25) is 0 Å². The third-order valence-corrected chi connectivity index (χ3v) is 4.45. The zero-order chi connectivity index (χ0) is 14.5. The lowest BCUT2D eigenvalue weighted by atomic mass is 10.0. The van der Waals surface area contributed by atoms with Crippen molar-refractivity contribution in [1.82, 2.24) is 14.8 Å². The third-order valence-electron chi connectivity index (χ3n) is 4.45. The highest BCUT2D eigenvalue weighted by molar-refractivity contribution is 5.91. The van der Waals surface area contributed by atoms with Crippen molar-refractivity contribution in [2.24, 2.45) is 0 Å². The second-order valence-electron chi connectivity index (χ2n) is 5.91. The van der Waals surface area contributed by atoms with Crippen LogP contribution in [0.5, 0.6) is 0 Å². The van der Waals surface area contributed by atoms with E-state index in [1.165, 1.54) is 32.4 Å². The average Bonchev–Trinajstić information content (AvgIpc) is 3.08. The Labute approximate surface area is 126 Å². The number of nitrogens with zero attached hydrogens (tertiary/aromatic N) is 3. The summed E-state index contributed by atoms with van der Waals surface area (Å²) in [6.45, 7) is 4.17. The van der Waals surface area contributed by atoms with Gasteiger partial charge in [0.15, 0.2) is 0 Å². The molecule has 1 aromatic heterocycles. The smallest absolute Gasteiger partial charge is 0.246 e. The summed E-state index contributed by atoms with van der Waals surface area (Å²) in [5.74, 6) is 0.115. The van der Waals surface area contributed by atoms with Gasteiger partial charge in [0.05, 0.1) is 5.69 Å². The maximum atomic E-state index is 12.3. The molecular weight excluding hydrogens is 262 g/mol. The van der Waals surface area contributed by atoms with Crippen LogP contribution in [-0.2, 0) is 4.79 Å². The van der Waals surface area contributed by atoms with E-state index in [-0.39, 0.29) is 5.91 Å². The van der Waals surface area contributed by atoms with Crippen LogP contribution in [-0.4, -0.2) is 52.9 Å². The molecule has 0 aromatic carbocycles. The molecule has 3 rings (SSSR count). The van der Waals surface area contributed by atoms with Gasteiger partial charge in [0.1, 0.15) is 0 Å². The van der Waals surface area contributed by atoms with Gasteiger partial charge in [-0.05, 0) is 57.0 Å². The van der Waals surface area contributed by atoms with Crippen LogP contribution < -0.4 is 0 Å². The predicted molar refractivity (Wildman–Crippen MR) is 83.7 cm³/mol. The number of aromatic nitrogens is 1. The van der Waals surface area contributed by atoms with Crippen molar-refractivity contribution in [2.45, 2.75) is 31.7 Å². The van der Waals surface area contributed by atoms with Crippen molar-refractivity contribution in [3.8, 4) is 0 Å². The largest absolute Gasteiger partial charge is 0.338 e. The highest BCUT2D eigenvalue weighted by Crippen LogP contribution is 2.20. The minimum atomic E-state index is 0.115. The van der Waals surface area contributed by atoms with Gasteiger partial charge >= 0.3 is 0 Å². The Bertz CT molecular complexity index is 494. The number of carbonyl (C=O) groups is 1. The zero-order valence-corrected chi connectivity index (χ0v) is 12.4. The van der Waals surface area contributed by atoms with Gasteiger partial charge in [-0.1, -0.05) is 6.07 Å². The van der Waals surface area contributed by atoms with Crippen molar-refractivity contribution >= 4 is 12.0 Å². The van der Waals surface area contributed by atoms with Crippen molar-refractivity contribution < 1.29 is 4.79 Å². The molecule has 2 aliphatic rings. The molecule has 112 valence electrons. The molecule has 0 unspecified atom stereocenters. The van der Waals surface area contributed by atoms with Crippen molar-refractivity contribution in [1.29, 1.82) is 0 Å². The van der Waals surface area contributed by atoms with E-state index < -0.39 is 0 Å². The molecule has 0 radical (unpaired) electrons. The second-order valence-corrected chi connectivity index (χ2v) is 5.91. The summed E-state index contributed by atoms with van der Waals surface area (Å²) in [7, 11) is 0. The summed E-state index contributed by atoms with van der Waals surface area (Å²) < 4.78 is 0. The lowest BCUT2D eigenvalue weighted by Crippen LogP contribution is -2.48. The van der Waals surface area contributed by atoms with Gasteiger partial charge in [-0.15, -0.1) is 0 Å². The molecule has 0 saturated carbocycles. The highest BCUT2D eigenvalue weighted by Gasteiger charge is 2.28. The molecule has 2 aliphatic heterocycles. The SMILES string of the molecule is O=C(/C=C/c1ccccn1)N1CCC[C@H](N2CCCC2)C1. The first kappa shape index (κ1) is 14.3.